The second-order valence-corrected chi connectivity index (χ2v) is 16.4. The fraction of sp³-hybridized carbons (Fsp3) is 0.425. The van der Waals surface area contributed by atoms with Gasteiger partial charge in [-0.3, -0.25) is 23.9 Å². The van der Waals surface area contributed by atoms with E-state index in [1.54, 1.807) is 12.3 Å². The molecular formula is C40H43N3O8S. The molecular weight excluding hydrogens is 683 g/mol. The molecule has 2 saturated carbocycles. The Bertz CT molecular complexity index is 2030. The highest BCUT2D eigenvalue weighted by Gasteiger charge is 2.61. The molecule has 2 amide bonds. The Hall–Kier alpha value is -4.84. The lowest BCUT2D eigenvalue weighted by Crippen LogP contribution is -2.47. The first-order valence-corrected chi connectivity index (χ1v) is 19.5. The molecule has 272 valence electrons. The molecule has 0 unspecified atom stereocenters. The zero-order valence-electron chi connectivity index (χ0n) is 28.9. The van der Waals surface area contributed by atoms with E-state index in [-0.39, 0.29) is 51.0 Å². The summed E-state index contributed by atoms with van der Waals surface area (Å²) in [5.41, 5.74) is 0.512. The third kappa shape index (κ3) is 7.67. The summed E-state index contributed by atoms with van der Waals surface area (Å²) in [6, 6.07) is 16.2. The van der Waals surface area contributed by atoms with Crippen LogP contribution in [0.15, 0.2) is 79.5 Å². The number of carbonyl (C=O) groups is 4. The van der Waals surface area contributed by atoms with Crippen LogP contribution in [0.3, 0.4) is 0 Å². The number of esters is 1. The van der Waals surface area contributed by atoms with E-state index in [2.05, 4.69) is 16.3 Å². The van der Waals surface area contributed by atoms with Crippen molar-refractivity contribution in [3.05, 3.63) is 90.7 Å². The number of hydrogen-bond donors (Lipinski definition) is 1. The average molecular weight is 726 g/mol. The summed E-state index contributed by atoms with van der Waals surface area (Å²) in [4.78, 5) is 61.8. The summed E-state index contributed by atoms with van der Waals surface area (Å²) in [5, 5.41) is 1.10. The molecule has 2 aliphatic carbocycles. The largest absolute Gasteiger partial charge is 0.472 e. The number of allylic oxidation sites excluding steroid dienone is 2. The number of sulfonamides is 1. The van der Waals surface area contributed by atoms with Crippen LogP contribution in [0.5, 0.6) is 5.88 Å². The van der Waals surface area contributed by atoms with Crippen LogP contribution in [-0.2, 0) is 40.4 Å². The van der Waals surface area contributed by atoms with E-state index in [1.807, 2.05) is 66.7 Å². The van der Waals surface area contributed by atoms with E-state index in [0.717, 1.165) is 21.9 Å². The number of pyridine rings is 1. The molecule has 4 aliphatic rings. The Balaban J connectivity index is 1.22. The van der Waals surface area contributed by atoms with Gasteiger partial charge in [0.15, 0.2) is 5.78 Å². The van der Waals surface area contributed by atoms with Gasteiger partial charge < -0.3 is 14.4 Å². The number of benzene rings is 2. The fourth-order valence-corrected chi connectivity index (χ4v) is 8.89. The van der Waals surface area contributed by atoms with Crippen molar-refractivity contribution in [3.8, 4) is 5.88 Å². The average Bonchev–Trinajstić information content (AvgIpc) is 4.06. The smallest absolute Gasteiger partial charge is 0.306 e. The number of fused-ring (bicyclic) bond motifs is 3. The summed E-state index contributed by atoms with van der Waals surface area (Å²) in [5.74, 6) is -2.84. The minimum absolute atomic E-state index is 0.0490. The highest BCUT2D eigenvalue weighted by atomic mass is 32.2. The third-order valence-corrected chi connectivity index (χ3v) is 12.5. The van der Waals surface area contributed by atoms with E-state index in [1.165, 1.54) is 4.90 Å². The Morgan fingerprint density at radius 1 is 1.10 bits per heavy atom. The number of Topliss-reactive ketones (excluding diaryl/α,β-unsaturated/α-hetero) is 1. The summed E-state index contributed by atoms with van der Waals surface area (Å²) in [6.45, 7) is 4.07. The van der Waals surface area contributed by atoms with Crippen LogP contribution in [0.25, 0.3) is 16.8 Å². The molecule has 1 aromatic heterocycles. The van der Waals surface area contributed by atoms with Gasteiger partial charge in [-0.15, -0.1) is 6.58 Å². The first-order chi connectivity index (χ1) is 25.1. The SMILES string of the molecule is C=C[C@@H]1C[C@]1(CC(=O)[C@@H]1C[C@@H]2CN1C(=O)[C@H](Cc1ccccc1)CC(=O)OCCC/C=C/c1ccc3ccnc(c3c1)O2)C(=O)NS(=O)(=O)C1CC1. The second kappa shape index (κ2) is 14.7. The van der Waals surface area contributed by atoms with Crippen LogP contribution in [-0.4, -0.2) is 72.4 Å². The van der Waals surface area contributed by atoms with Gasteiger partial charge >= 0.3 is 5.97 Å². The van der Waals surface area contributed by atoms with E-state index < -0.39 is 62.5 Å². The predicted molar refractivity (Wildman–Crippen MR) is 194 cm³/mol. The standard InChI is InChI=1S/C40H43N3O8S/c1-2-30-23-40(30,39(47)42-52(48,49)32-14-15-32)24-35(44)34-22-31-25-43(34)38(46)29(19-26-9-5-3-6-10-26)21-36(45)50-18-8-4-7-11-27-12-13-28-16-17-41-37(51-31)33(28)20-27/h2-3,5-7,9-13,16-17,20,29-32,34H,1,4,8,14-15,18-19,21-25H2,(H,42,47)/b11-7+/t29-,30-,31-,34+,40-/m1/s1. The molecule has 2 aromatic carbocycles. The van der Waals surface area contributed by atoms with E-state index in [4.69, 9.17) is 9.47 Å². The first kappa shape index (κ1) is 35.6. The van der Waals surface area contributed by atoms with Gasteiger partial charge in [-0.25, -0.2) is 13.4 Å². The van der Waals surface area contributed by atoms with Crippen molar-refractivity contribution in [1.29, 1.82) is 0 Å². The van der Waals surface area contributed by atoms with Crippen LogP contribution in [0.1, 0.15) is 62.5 Å². The summed E-state index contributed by atoms with van der Waals surface area (Å²) < 4.78 is 39.8. The minimum Gasteiger partial charge on any atom is -0.472 e. The number of carbonyl (C=O) groups excluding carboxylic acids is 4. The normalized spacial score (nSPS) is 27.2. The van der Waals surface area contributed by atoms with E-state index >= 15 is 0 Å². The van der Waals surface area contributed by atoms with Crippen LogP contribution in [0.4, 0.5) is 0 Å². The number of amides is 2. The maximum absolute atomic E-state index is 14.6. The van der Waals surface area contributed by atoms with Gasteiger partial charge in [-0.2, -0.15) is 0 Å². The monoisotopic (exact) mass is 725 g/mol. The molecule has 7 rings (SSSR count). The number of cyclic esters (lactones) is 1. The van der Waals surface area contributed by atoms with Gasteiger partial charge in [-0.05, 0) is 73.1 Å². The molecule has 0 spiro atoms. The van der Waals surface area contributed by atoms with Gasteiger partial charge in [0, 0.05) is 24.4 Å². The van der Waals surface area contributed by atoms with Crippen molar-refractivity contribution in [2.75, 3.05) is 13.2 Å². The molecule has 1 saturated heterocycles. The van der Waals surface area contributed by atoms with Gasteiger partial charge in [-0.1, -0.05) is 60.7 Å². The fourth-order valence-electron chi connectivity index (χ4n) is 7.50. The highest BCUT2D eigenvalue weighted by Crippen LogP contribution is 2.57. The van der Waals surface area contributed by atoms with Crippen molar-refractivity contribution < 1.29 is 37.1 Å². The van der Waals surface area contributed by atoms with Gasteiger partial charge in [0.1, 0.15) is 6.10 Å². The first-order valence-electron chi connectivity index (χ1n) is 18.0. The number of aromatic nitrogens is 1. The molecule has 12 heteroatoms. The van der Waals surface area contributed by atoms with Crippen molar-refractivity contribution in [2.45, 2.75) is 75.2 Å². The van der Waals surface area contributed by atoms with Gasteiger partial charge in [0.2, 0.25) is 27.7 Å². The number of nitrogens with one attached hydrogen (secondary N) is 1. The highest BCUT2D eigenvalue weighted by molar-refractivity contribution is 7.90. The molecule has 2 aliphatic heterocycles. The maximum atomic E-state index is 14.6. The summed E-state index contributed by atoms with van der Waals surface area (Å²) in [6.07, 6.45) is 9.08. The van der Waals surface area contributed by atoms with Crippen LogP contribution >= 0.6 is 0 Å². The van der Waals surface area contributed by atoms with Crippen molar-refractivity contribution in [3.63, 3.8) is 0 Å². The van der Waals surface area contributed by atoms with E-state index in [9.17, 15) is 27.6 Å². The molecule has 11 nitrogen and oxygen atoms in total. The van der Waals surface area contributed by atoms with Gasteiger partial charge in [0.05, 0.1) is 42.2 Å². The Morgan fingerprint density at radius 2 is 1.90 bits per heavy atom. The minimum atomic E-state index is -3.85. The van der Waals surface area contributed by atoms with E-state index in [0.29, 0.717) is 31.6 Å². The lowest BCUT2D eigenvalue weighted by atomic mass is 9.90. The van der Waals surface area contributed by atoms with Crippen molar-refractivity contribution >= 4 is 50.4 Å². The Kier molecular flexibility index (Phi) is 10.0. The van der Waals surface area contributed by atoms with Crippen molar-refractivity contribution in [2.24, 2.45) is 17.3 Å². The molecule has 3 aromatic rings. The third-order valence-electron chi connectivity index (χ3n) is 10.7. The summed E-state index contributed by atoms with van der Waals surface area (Å²) in [7, 11) is -3.85. The number of ketones is 1. The number of nitrogens with zero attached hydrogens (tertiary/aromatic N) is 2. The Morgan fingerprint density at radius 3 is 2.65 bits per heavy atom. The number of rotatable bonds is 9. The molecule has 3 heterocycles. The molecule has 0 radical (unpaired) electrons. The second-order valence-electron chi connectivity index (χ2n) is 14.5. The summed E-state index contributed by atoms with van der Waals surface area (Å²) >= 11 is 0. The van der Waals surface area contributed by atoms with Crippen LogP contribution in [0.2, 0.25) is 0 Å². The van der Waals surface area contributed by atoms with Crippen LogP contribution < -0.4 is 9.46 Å². The lowest BCUT2D eigenvalue weighted by Gasteiger charge is -2.29. The van der Waals surface area contributed by atoms with Crippen molar-refractivity contribution in [1.82, 2.24) is 14.6 Å². The molecule has 3 fully saturated rings. The maximum Gasteiger partial charge on any atom is 0.306 e. The molecule has 4 bridgehead atoms. The number of hydrogen-bond acceptors (Lipinski definition) is 9. The zero-order valence-corrected chi connectivity index (χ0v) is 29.8. The predicted octanol–water partition coefficient (Wildman–Crippen LogP) is 4.94. The lowest BCUT2D eigenvalue weighted by molar-refractivity contribution is -0.150. The molecule has 5 atom stereocenters. The molecule has 52 heavy (non-hydrogen) atoms. The number of ether oxygens (including phenoxy) is 2. The quantitative estimate of drug-likeness (QED) is 0.239. The topological polar surface area (TPSA) is 149 Å². The molecule has 1 N–H and O–H groups in total. The van der Waals surface area contributed by atoms with Crippen LogP contribution in [0, 0.1) is 17.3 Å². The van der Waals surface area contributed by atoms with Gasteiger partial charge in [0.25, 0.3) is 0 Å². The zero-order chi connectivity index (χ0) is 36.5. The Labute approximate surface area is 303 Å².